The number of anilines is 1. The van der Waals surface area contributed by atoms with Gasteiger partial charge in [-0.05, 0) is 39.0 Å². The smallest absolute Gasteiger partial charge is 0.459 e. The first-order valence-corrected chi connectivity index (χ1v) is 13.7. The third-order valence-electron chi connectivity index (χ3n) is 6.88. The average Bonchev–Trinajstić information content (AvgIpc) is 3.29. The van der Waals surface area contributed by atoms with Crippen LogP contribution in [0.5, 0.6) is 5.75 Å². The fourth-order valence-electron chi connectivity index (χ4n) is 4.72. The number of hydrogen-bond acceptors (Lipinski definition) is 10. The number of carbonyl (C=O) groups excluding carboxylic acids is 1. The molecular weight excluding hydrogens is 541 g/mol. The SMILES string of the molecule is CC(C)OC(=O)[C@H](C)NP(=O)(OC[C@H]1OC2(F)[C@@H](n3ccc(N)nc3=O)C2(F)C1(C)CO)Oc1ccccc1. The van der Waals surface area contributed by atoms with Crippen molar-refractivity contribution in [1.29, 1.82) is 0 Å². The Hall–Kier alpha value is -2.90. The van der Waals surface area contributed by atoms with Crippen LogP contribution in [0.4, 0.5) is 14.6 Å². The van der Waals surface area contributed by atoms with Gasteiger partial charge >= 0.3 is 19.4 Å². The lowest BCUT2D eigenvalue weighted by atomic mass is 9.79. The monoisotopic (exact) mass is 572 g/mol. The minimum absolute atomic E-state index is 0.122. The maximum Gasteiger partial charge on any atom is 0.459 e. The number of nitrogens with one attached hydrogen (secondary N) is 1. The highest BCUT2D eigenvalue weighted by atomic mass is 31.2. The molecule has 1 aromatic carbocycles. The lowest BCUT2D eigenvalue weighted by molar-refractivity contribution is -0.149. The van der Waals surface area contributed by atoms with Crippen LogP contribution in [0.2, 0.25) is 0 Å². The van der Waals surface area contributed by atoms with E-state index in [9.17, 15) is 19.3 Å². The number of ether oxygens (including phenoxy) is 2. The number of halogens is 2. The van der Waals surface area contributed by atoms with E-state index >= 15 is 8.78 Å². The number of esters is 1. The van der Waals surface area contributed by atoms with Gasteiger partial charge in [-0.25, -0.2) is 18.1 Å². The Morgan fingerprint density at radius 1 is 1.28 bits per heavy atom. The molecule has 0 radical (unpaired) electrons. The predicted octanol–water partition coefficient (Wildman–Crippen LogP) is 2.29. The molecule has 1 aliphatic heterocycles. The number of benzene rings is 1. The van der Waals surface area contributed by atoms with Crippen molar-refractivity contribution in [1.82, 2.24) is 14.6 Å². The fraction of sp³-hybridized carbons (Fsp3) is 0.542. The van der Waals surface area contributed by atoms with E-state index in [2.05, 4.69) is 10.1 Å². The van der Waals surface area contributed by atoms with Crippen molar-refractivity contribution in [3.8, 4) is 5.75 Å². The van der Waals surface area contributed by atoms with Crippen LogP contribution in [-0.2, 0) is 23.4 Å². The van der Waals surface area contributed by atoms with Crippen molar-refractivity contribution < 1.29 is 41.8 Å². The molecule has 12 nitrogen and oxygen atoms in total. The van der Waals surface area contributed by atoms with Crippen LogP contribution in [-0.4, -0.2) is 63.6 Å². The fourth-order valence-corrected chi connectivity index (χ4v) is 6.21. The highest BCUT2D eigenvalue weighted by Crippen LogP contribution is 2.77. The quantitative estimate of drug-likeness (QED) is 0.267. The summed E-state index contributed by atoms with van der Waals surface area (Å²) in [6.45, 7) is 4.26. The van der Waals surface area contributed by atoms with Gasteiger partial charge in [-0.3, -0.25) is 13.9 Å². The lowest BCUT2D eigenvalue weighted by Gasteiger charge is -2.34. The molecule has 2 heterocycles. The van der Waals surface area contributed by atoms with Crippen LogP contribution >= 0.6 is 7.75 Å². The Morgan fingerprint density at radius 3 is 2.54 bits per heavy atom. The summed E-state index contributed by atoms with van der Waals surface area (Å²) < 4.78 is 68.2. The summed E-state index contributed by atoms with van der Waals surface area (Å²) >= 11 is 0. The van der Waals surface area contributed by atoms with Crippen LogP contribution in [0.3, 0.4) is 0 Å². The second-order valence-corrected chi connectivity index (χ2v) is 11.7. The number of alkyl halides is 2. The zero-order chi connectivity index (χ0) is 28.8. The highest BCUT2D eigenvalue weighted by Gasteiger charge is 2.95. The third-order valence-corrected chi connectivity index (χ3v) is 8.52. The number of fused-ring (bicyclic) bond motifs is 1. The van der Waals surface area contributed by atoms with Gasteiger partial charge in [0.1, 0.15) is 23.7 Å². The van der Waals surface area contributed by atoms with Gasteiger partial charge in [-0.1, -0.05) is 25.1 Å². The summed E-state index contributed by atoms with van der Waals surface area (Å²) in [5, 5.41) is 12.6. The molecule has 2 aliphatic rings. The van der Waals surface area contributed by atoms with E-state index in [4.69, 9.17) is 24.3 Å². The van der Waals surface area contributed by atoms with E-state index in [1.807, 2.05) is 0 Å². The Labute approximate surface area is 223 Å². The number of nitrogens with zero attached hydrogens (tertiary/aromatic N) is 2. The van der Waals surface area contributed by atoms with Gasteiger partial charge in [0, 0.05) is 6.20 Å². The minimum Gasteiger partial charge on any atom is -0.462 e. The maximum atomic E-state index is 16.3. The first kappa shape index (κ1) is 29.1. The molecule has 2 fully saturated rings. The van der Waals surface area contributed by atoms with Crippen molar-refractivity contribution in [3.63, 3.8) is 0 Å². The molecule has 4 unspecified atom stereocenters. The Balaban J connectivity index is 1.56. The van der Waals surface area contributed by atoms with Crippen LogP contribution in [0.25, 0.3) is 0 Å². The Bertz CT molecular complexity index is 1330. The van der Waals surface area contributed by atoms with E-state index in [-0.39, 0.29) is 11.6 Å². The van der Waals surface area contributed by atoms with Crippen LogP contribution in [0, 0.1) is 5.41 Å². The number of aliphatic hydroxyl groups excluding tert-OH is 1. The van der Waals surface area contributed by atoms with Gasteiger partial charge < -0.3 is 24.8 Å². The molecular formula is C24H31F2N4O8P. The third kappa shape index (κ3) is 4.95. The second-order valence-electron chi connectivity index (χ2n) is 10.0. The van der Waals surface area contributed by atoms with Crippen LogP contribution < -0.4 is 21.0 Å². The number of carbonyl (C=O) groups is 1. The zero-order valence-corrected chi connectivity index (χ0v) is 22.6. The van der Waals surface area contributed by atoms with Crippen molar-refractivity contribution in [3.05, 3.63) is 53.1 Å². The average molecular weight is 573 g/mol. The van der Waals surface area contributed by atoms with Gasteiger partial charge in [0.05, 0.1) is 30.8 Å². The molecule has 15 heteroatoms. The molecule has 2 aromatic rings. The van der Waals surface area contributed by atoms with Gasteiger partial charge in [0.25, 0.3) is 5.85 Å². The molecule has 0 amide bonds. The standard InChI is InChI=1S/C24H31F2N4O8P/c1-14(2)36-19(32)15(3)29-39(34,38-16-8-6-5-7-9-16)35-12-17-22(4,13-31)23(25)20(24(23,26)37-17)30-11-10-18(27)28-21(30)33/h5-11,14-15,17,20,31H,12-13H2,1-4H3,(H,29,34)(H2,27,28,33)/t15-,17+,20-,22?,23?,24?,39?/m0/s1. The summed E-state index contributed by atoms with van der Waals surface area (Å²) in [5.41, 5.74) is -0.339. The molecule has 1 aliphatic carbocycles. The highest BCUT2D eigenvalue weighted by molar-refractivity contribution is 7.52. The maximum absolute atomic E-state index is 16.3. The molecule has 0 spiro atoms. The molecule has 4 rings (SSSR count). The summed E-state index contributed by atoms with van der Waals surface area (Å²) in [6.07, 6.45) is -0.829. The summed E-state index contributed by atoms with van der Waals surface area (Å²) in [5.74, 6) is -3.77. The summed E-state index contributed by atoms with van der Waals surface area (Å²) in [6, 6.07) is 6.19. The van der Waals surface area contributed by atoms with Crippen molar-refractivity contribution in [2.45, 2.75) is 63.5 Å². The van der Waals surface area contributed by atoms with E-state index in [0.717, 1.165) is 6.20 Å². The van der Waals surface area contributed by atoms with E-state index in [1.54, 1.807) is 32.0 Å². The molecule has 214 valence electrons. The summed E-state index contributed by atoms with van der Waals surface area (Å²) in [4.78, 5) is 28.1. The molecule has 1 saturated carbocycles. The van der Waals surface area contributed by atoms with E-state index in [1.165, 1.54) is 32.0 Å². The predicted molar refractivity (Wildman–Crippen MR) is 134 cm³/mol. The summed E-state index contributed by atoms with van der Waals surface area (Å²) in [7, 11) is -4.39. The van der Waals surface area contributed by atoms with Crippen molar-refractivity contribution in [2.24, 2.45) is 5.41 Å². The zero-order valence-electron chi connectivity index (χ0n) is 21.7. The normalized spacial score (nSPS) is 31.8. The Morgan fingerprint density at radius 2 is 1.95 bits per heavy atom. The van der Waals surface area contributed by atoms with E-state index in [0.29, 0.717) is 4.57 Å². The number of aliphatic hydroxyl groups is 1. The number of nitrogens with two attached hydrogens (primary N) is 1. The van der Waals surface area contributed by atoms with Crippen LogP contribution in [0.1, 0.15) is 33.7 Å². The van der Waals surface area contributed by atoms with Crippen molar-refractivity contribution in [2.75, 3.05) is 18.9 Å². The number of para-hydroxylation sites is 1. The molecule has 7 atom stereocenters. The van der Waals surface area contributed by atoms with Gasteiger partial charge in [-0.2, -0.15) is 10.1 Å². The van der Waals surface area contributed by atoms with Gasteiger partial charge in [0.15, 0.2) is 0 Å². The molecule has 1 aromatic heterocycles. The van der Waals surface area contributed by atoms with Gasteiger partial charge in [-0.15, -0.1) is 0 Å². The lowest BCUT2D eigenvalue weighted by Crippen LogP contribution is -2.47. The molecule has 39 heavy (non-hydrogen) atoms. The van der Waals surface area contributed by atoms with Crippen LogP contribution in [0.15, 0.2) is 47.4 Å². The molecule has 1 saturated heterocycles. The number of rotatable bonds is 11. The Kier molecular flexibility index (Phi) is 7.65. The topological polar surface area (TPSA) is 164 Å². The first-order chi connectivity index (χ1) is 18.2. The van der Waals surface area contributed by atoms with E-state index < -0.39 is 73.8 Å². The molecule has 4 N–H and O–H groups in total. The number of hydrogen-bond donors (Lipinski definition) is 3. The second kappa shape index (κ2) is 10.3. The van der Waals surface area contributed by atoms with Gasteiger partial charge in [0.2, 0.25) is 5.67 Å². The first-order valence-electron chi connectivity index (χ1n) is 12.2. The number of nitrogen functional groups attached to an aromatic ring is 1. The number of aromatic nitrogens is 2. The molecule has 0 bridgehead atoms. The largest absolute Gasteiger partial charge is 0.462 e. The minimum atomic E-state index is -4.39. The van der Waals surface area contributed by atoms with Crippen molar-refractivity contribution >= 4 is 19.5 Å².